The number of carbonyl (C=O) groups excluding carboxylic acids is 2. The number of fused-ring (bicyclic) bond motifs is 1. The Morgan fingerprint density at radius 3 is 2.53 bits per heavy atom. The van der Waals surface area contributed by atoms with Gasteiger partial charge in [-0.15, -0.1) is 0 Å². The lowest BCUT2D eigenvalue weighted by Crippen LogP contribution is -2.40. The smallest absolute Gasteiger partial charge is 0.306 e. The second-order valence-corrected chi connectivity index (χ2v) is 8.57. The van der Waals surface area contributed by atoms with Crippen LogP contribution < -0.4 is 9.64 Å². The number of hydrogen-bond donors (Lipinski definition) is 1. The van der Waals surface area contributed by atoms with E-state index in [4.69, 9.17) is 19.6 Å². The average Bonchev–Trinajstić information content (AvgIpc) is 2.87. The first kappa shape index (κ1) is 23.8. The predicted molar refractivity (Wildman–Crippen MR) is 129 cm³/mol. The van der Waals surface area contributed by atoms with Crippen LogP contribution in [0.25, 0.3) is 0 Å². The number of ether oxygens (including phenoxy) is 3. The van der Waals surface area contributed by atoms with Gasteiger partial charge in [0.1, 0.15) is 11.6 Å². The highest BCUT2D eigenvalue weighted by molar-refractivity contribution is 6.06. The molecular formula is C26H31N3O5. The van der Waals surface area contributed by atoms with Gasteiger partial charge in [-0.05, 0) is 61.4 Å². The predicted octanol–water partition coefficient (Wildman–Crippen LogP) is 3.13. The quantitative estimate of drug-likeness (QED) is 0.400. The minimum Gasteiger partial charge on any atom is -0.493 e. The van der Waals surface area contributed by atoms with Crippen molar-refractivity contribution in [3.05, 3.63) is 59.2 Å². The molecule has 0 radical (unpaired) electrons. The maximum atomic E-state index is 13.2. The molecule has 0 bridgehead atoms. The molecule has 1 atom stereocenters. The molecule has 2 aromatic carbocycles. The van der Waals surface area contributed by atoms with Crippen molar-refractivity contribution in [3.63, 3.8) is 0 Å². The highest BCUT2D eigenvalue weighted by Crippen LogP contribution is 2.30. The van der Waals surface area contributed by atoms with Crippen LogP contribution in [-0.4, -0.2) is 69.2 Å². The van der Waals surface area contributed by atoms with Crippen LogP contribution in [0.3, 0.4) is 0 Å². The van der Waals surface area contributed by atoms with Crippen LogP contribution in [0.4, 0.5) is 5.69 Å². The molecule has 2 aromatic rings. The summed E-state index contributed by atoms with van der Waals surface area (Å²) >= 11 is 0. The van der Waals surface area contributed by atoms with Gasteiger partial charge in [0.15, 0.2) is 0 Å². The van der Waals surface area contributed by atoms with Crippen LogP contribution in [-0.2, 0) is 20.7 Å². The molecule has 2 aliphatic heterocycles. The third-order valence-corrected chi connectivity index (χ3v) is 6.21. The fourth-order valence-corrected chi connectivity index (χ4v) is 4.30. The summed E-state index contributed by atoms with van der Waals surface area (Å²) < 4.78 is 16.2. The van der Waals surface area contributed by atoms with Crippen molar-refractivity contribution in [1.82, 2.24) is 4.90 Å². The lowest BCUT2D eigenvalue weighted by Gasteiger charge is -2.29. The fraction of sp³-hybridized carbons (Fsp3) is 0.423. The van der Waals surface area contributed by atoms with Crippen molar-refractivity contribution in [1.29, 1.82) is 5.41 Å². The van der Waals surface area contributed by atoms with Crippen molar-refractivity contribution in [2.75, 3.05) is 51.5 Å². The third kappa shape index (κ3) is 5.39. The second-order valence-electron chi connectivity index (χ2n) is 8.57. The zero-order valence-electron chi connectivity index (χ0n) is 19.7. The summed E-state index contributed by atoms with van der Waals surface area (Å²) in [7, 11) is 1.74. The Balaban J connectivity index is 1.42. The lowest BCUT2D eigenvalue weighted by atomic mass is 9.93. The van der Waals surface area contributed by atoms with E-state index in [-0.39, 0.29) is 17.8 Å². The molecule has 0 spiro atoms. The molecule has 4 rings (SSSR count). The first-order valence-corrected chi connectivity index (χ1v) is 11.7. The van der Waals surface area contributed by atoms with Gasteiger partial charge in [-0.3, -0.25) is 15.0 Å². The van der Waals surface area contributed by atoms with E-state index in [1.165, 1.54) is 0 Å². The van der Waals surface area contributed by atoms with Crippen LogP contribution in [0.5, 0.6) is 5.75 Å². The Kier molecular flexibility index (Phi) is 7.47. The van der Waals surface area contributed by atoms with E-state index in [9.17, 15) is 9.59 Å². The van der Waals surface area contributed by atoms with Crippen LogP contribution in [0, 0.1) is 11.3 Å². The standard InChI is InChI=1S/C26H31N3O5/c1-3-33-24(30)15-18-14-21-16-20(6-9-23(21)34-17-18)26(31)28(2)22-7-4-19(5-8-22)25(27)29-10-12-32-13-11-29/h4-9,16,18,27H,3,10-15,17H2,1-2H3. The van der Waals surface area contributed by atoms with Crippen LogP contribution >= 0.6 is 0 Å². The van der Waals surface area contributed by atoms with Crippen molar-refractivity contribution < 1.29 is 23.8 Å². The van der Waals surface area contributed by atoms with Gasteiger partial charge in [0.25, 0.3) is 5.91 Å². The molecule has 0 aromatic heterocycles. The largest absolute Gasteiger partial charge is 0.493 e. The van der Waals surface area contributed by atoms with Crippen LogP contribution in [0.15, 0.2) is 42.5 Å². The Morgan fingerprint density at radius 2 is 1.82 bits per heavy atom. The molecule has 1 fully saturated rings. The van der Waals surface area contributed by atoms with E-state index in [1.807, 2.05) is 41.3 Å². The van der Waals surface area contributed by atoms with E-state index < -0.39 is 0 Å². The summed E-state index contributed by atoms with van der Waals surface area (Å²) in [6, 6.07) is 12.9. The summed E-state index contributed by atoms with van der Waals surface area (Å²) in [5, 5.41) is 8.44. The summed E-state index contributed by atoms with van der Waals surface area (Å²) in [6.45, 7) is 5.30. The molecule has 180 valence electrons. The number of morpholine rings is 1. The monoisotopic (exact) mass is 465 g/mol. The van der Waals surface area contributed by atoms with E-state index in [1.54, 1.807) is 24.9 Å². The first-order valence-electron chi connectivity index (χ1n) is 11.7. The van der Waals surface area contributed by atoms with Gasteiger partial charge in [-0.2, -0.15) is 0 Å². The normalized spacial score (nSPS) is 17.4. The molecule has 0 saturated carbocycles. The van der Waals surface area contributed by atoms with E-state index >= 15 is 0 Å². The van der Waals surface area contributed by atoms with E-state index in [2.05, 4.69) is 0 Å². The second kappa shape index (κ2) is 10.7. The van der Waals surface area contributed by atoms with Gasteiger partial charge in [0.2, 0.25) is 0 Å². The van der Waals surface area contributed by atoms with Gasteiger partial charge in [-0.25, -0.2) is 0 Å². The third-order valence-electron chi connectivity index (χ3n) is 6.21. The number of hydrogen-bond acceptors (Lipinski definition) is 6. The van der Waals surface area contributed by atoms with Crippen LogP contribution in [0.2, 0.25) is 0 Å². The highest BCUT2D eigenvalue weighted by atomic mass is 16.5. The summed E-state index contributed by atoms with van der Waals surface area (Å²) in [5.41, 5.74) is 3.05. The summed E-state index contributed by atoms with van der Waals surface area (Å²) in [5.74, 6) is 0.896. The van der Waals surface area contributed by atoms with Crippen LogP contribution in [0.1, 0.15) is 34.8 Å². The average molecular weight is 466 g/mol. The Labute approximate surface area is 199 Å². The maximum Gasteiger partial charge on any atom is 0.306 e. The van der Waals surface area contributed by atoms with Gasteiger partial charge < -0.3 is 24.0 Å². The Hall–Kier alpha value is -3.39. The SMILES string of the molecule is CCOC(=O)CC1COc2ccc(C(=O)N(C)c3ccc(C(=N)N4CCOCC4)cc3)cc2C1. The van der Waals surface area contributed by atoms with Gasteiger partial charge in [0.05, 0.1) is 32.8 Å². The molecule has 2 heterocycles. The molecule has 1 unspecified atom stereocenters. The fourth-order valence-electron chi connectivity index (χ4n) is 4.30. The van der Waals surface area contributed by atoms with Crippen molar-refractivity contribution in [2.24, 2.45) is 5.92 Å². The number of anilines is 1. The molecule has 0 aliphatic carbocycles. The van der Waals surface area contributed by atoms with Crippen molar-refractivity contribution in [2.45, 2.75) is 19.8 Å². The van der Waals surface area contributed by atoms with Gasteiger partial charge in [-0.1, -0.05) is 0 Å². The molecular weight excluding hydrogens is 434 g/mol. The molecule has 1 N–H and O–H groups in total. The summed E-state index contributed by atoms with van der Waals surface area (Å²) in [4.78, 5) is 28.6. The van der Waals surface area contributed by atoms with Gasteiger partial charge in [0, 0.05) is 42.9 Å². The first-order chi connectivity index (χ1) is 16.5. The molecule has 1 saturated heterocycles. The van der Waals surface area contributed by atoms with Gasteiger partial charge >= 0.3 is 5.97 Å². The number of amidine groups is 1. The summed E-state index contributed by atoms with van der Waals surface area (Å²) in [6.07, 6.45) is 0.967. The zero-order valence-corrected chi connectivity index (χ0v) is 19.7. The molecule has 8 nitrogen and oxygen atoms in total. The molecule has 8 heteroatoms. The minimum absolute atomic E-state index is 0.0314. The van der Waals surface area contributed by atoms with E-state index in [0.717, 1.165) is 22.6 Å². The topological polar surface area (TPSA) is 92.2 Å². The minimum atomic E-state index is -0.225. The highest BCUT2D eigenvalue weighted by Gasteiger charge is 2.25. The number of amides is 1. The number of nitrogens with one attached hydrogen (secondary N) is 1. The number of esters is 1. The van der Waals surface area contributed by atoms with Crippen molar-refractivity contribution >= 4 is 23.4 Å². The number of rotatable bonds is 6. The Bertz CT molecular complexity index is 1050. The van der Waals surface area contributed by atoms with E-state index in [0.29, 0.717) is 63.8 Å². The number of carbonyl (C=O) groups is 2. The molecule has 1 amide bonds. The van der Waals surface area contributed by atoms with Crippen molar-refractivity contribution in [3.8, 4) is 5.75 Å². The molecule has 34 heavy (non-hydrogen) atoms. The number of benzene rings is 2. The number of nitrogens with zero attached hydrogens (tertiary/aromatic N) is 2. The Morgan fingerprint density at radius 1 is 1.12 bits per heavy atom. The zero-order chi connectivity index (χ0) is 24.1. The molecule has 2 aliphatic rings. The maximum absolute atomic E-state index is 13.2. The lowest BCUT2D eigenvalue weighted by molar-refractivity contribution is -0.144.